The second-order valence-corrected chi connectivity index (χ2v) is 12.2. The summed E-state index contributed by atoms with van der Waals surface area (Å²) in [5.41, 5.74) is 5.85. The number of rotatable bonds is 7. The third kappa shape index (κ3) is 9.06. The molecule has 2 amide bonds. The van der Waals surface area contributed by atoms with Crippen LogP contribution in [0.3, 0.4) is 0 Å². The summed E-state index contributed by atoms with van der Waals surface area (Å²) in [5, 5.41) is 6.44. The second-order valence-electron chi connectivity index (χ2n) is 11.4. The molecule has 4 aromatic carbocycles. The van der Waals surface area contributed by atoms with Gasteiger partial charge in [-0.2, -0.15) is 0 Å². The van der Waals surface area contributed by atoms with Crippen LogP contribution in [0.25, 0.3) is 21.8 Å². The molecular formula is C40H36Cl2N4O2. The number of aryl methyl sites for hydroxylation is 2. The third-order valence-electron chi connectivity index (χ3n) is 7.84. The second kappa shape index (κ2) is 16.7. The van der Waals surface area contributed by atoms with Crippen molar-refractivity contribution >= 4 is 68.2 Å². The Bertz CT molecular complexity index is 1980. The quantitative estimate of drug-likeness (QED) is 0.135. The molecular weight excluding hydrogens is 639 g/mol. The normalized spacial score (nSPS) is 13.4. The fraction of sp³-hybridized carbons (Fsp3) is 0.150. The van der Waals surface area contributed by atoms with Gasteiger partial charge in [-0.25, -0.2) is 0 Å². The Balaban J connectivity index is 0.000000161. The van der Waals surface area contributed by atoms with Crippen molar-refractivity contribution in [2.45, 2.75) is 38.6 Å². The van der Waals surface area contributed by atoms with Crippen LogP contribution in [0.5, 0.6) is 0 Å². The number of β-lactam (4-membered cyclic amide) rings is 1. The molecule has 0 radical (unpaired) electrons. The molecule has 1 saturated heterocycles. The van der Waals surface area contributed by atoms with Crippen LogP contribution in [-0.2, 0) is 16.0 Å². The number of hydrogen-bond donors (Lipinski definition) is 1. The van der Waals surface area contributed by atoms with Crippen LogP contribution < -0.4 is 10.2 Å². The van der Waals surface area contributed by atoms with Gasteiger partial charge in [-0.3, -0.25) is 19.6 Å². The highest BCUT2D eigenvalue weighted by Gasteiger charge is 2.37. The number of para-hydroxylation sites is 2. The minimum absolute atomic E-state index is 0.0758. The topological polar surface area (TPSA) is 75.2 Å². The van der Waals surface area contributed by atoms with E-state index in [4.69, 9.17) is 23.2 Å². The van der Waals surface area contributed by atoms with Gasteiger partial charge in [-0.1, -0.05) is 95.5 Å². The van der Waals surface area contributed by atoms with Gasteiger partial charge in [0, 0.05) is 52.1 Å². The lowest BCUT2D eigenvalue weighted by Crippen LogP contribution is -2.53. The summed E-state index contributed by atoms with van der Waals surface area (Å²) >= 11 is 11.5. The van der Waals surface area contributed by atoms with E-state index in [2.05, 4.69) is 21.9 Å². The van der Waals surface area contributed by atoms with Crippen LogP contribution in [0.1, 0.15) is 30.4 Å². The van der Waals surface area contributed by atoms with E-state index in [1.807, 2.05) is 121 Å². The molecule has 0 bridgehead atoms. The zero-order chi connectivity index (χ0) is 33.9. The maximum absolute atomic E-state index is 12.2. The van der Waals surface area contributed by atoms with Crippen molar-refractivity contribution in [2.75, 3.05) is 10.2 Å². The molecule has 2 aromatic heterocycles. The van der Waals surface area contributed by atoms with Crippen LogP contribution >= 0.6 is 23.2 Å². The maximum Gasteiger partial charge on any atom is 0.229 e. The smallest absolute Gasteiger partial charge is 0.229 e. The van der Waals surface area contributed by atoms with Gasteiger partial charge in [-0.15, -0.1) is 6.58 Å². The van der Waals surface area contributed by atoms with Gasteiger partial charge in [0.05, 0.1) is 22.4 Å². The Labute approximate surface area is 291 Å². The molecule has 1 aliphatic heterocycles. The number of amides is 2. The Kier molecular flexibility index (Phi) is 11.9. The summed E-state index contributed by atoms with van der Waals surface area (Å²) in [7, 11) is 0. The Morgan fingerprint density at radius 1 is 0.833 bits per heavy atom. The number of nitrogens with zero attached hydrogens (tertiary/aromatic N) is 3. The molecule has 7 rings (SSSR count). The number of nitrogens with one attached hydrogen (secondary N) is 1. The molecule has 0 saturated carbocycles. The van der Waals surface area contributed by atoms with Crippen molar-refractivity contribution < 1.29 is 9.59 Å². The molecule has 1 aliphatic rings. The molecule has 0 aliphatic carbocycles. The summed E-state index contributed by atoms with van der Waals surface area (Å²) in [6.45, 7) is 5.57. The van der Waals surface area contributed by atoms with Crippen molar-refractivity contribution in [3.05, 3.63) is 155 Å². The molecule has 3 heterocycles. The fourth-order valence-electron chi connectivity index (χ4n) is 5.38. The first kappa shape index (κ1) is 34.3. The lowest BCUT2D eigenvalue weighted by molar-refractivity contribution is -0.124. The van der Waals surface area contributed by atoms with E-state index >= 15 is 0 Å². The summed E-state index contributed by atoms with van der Waals surface area (Å²) in [5.74, 6) is 0.0995. The highest BCUT2D eigenvalue weighted by molar-refractivity contribution is 6.30. The van der Waals surface area contributed by atoms with Crippen LogP contribution in [0.15, 0.2) is 134 Å². The van der Waals surface area contributed by atoms with Gasteiger partial charge < -0.3 is 10.2 Å². The summed E-state index contributed by atoms with van der Waals surface area (Å²) < 4.78 is 0. The van der Waals surface area contributed by atoms with E-state index in [1.165, 1.54) is 11.1 Å². The van der Waals surface area contributed by atoms with Gasteiger partial charge in [0.15, 0.2) is 0 Å². The van der Waals surface area contributed by atoms with Gasteiger partial charge in [0.2, 0.25) is 11.8 Å². The number of halogens is 2. The predicted molar refractivity (Wildman–Crippen MR) is 199 cm³/mol. The highest BCUT2D eigenvalue weighted by Crippen LogP contribution is 2.34. The first-order valence-corrected chi connectivity index (χ1v) is 16.4. The monoisotopic (exact) mass is 674 g/mol. The van der Waals surface area contributed by atoms with Crippen LogP contribution in [-0.4, -0.2) is 27.8 Å². The largest absolute Gasteiger partial charge is 0.324 e. The first-order chi connectivity index (χ1) is 23.3. The van der Waals surface area contributed by atoms with Crippen molar-refractivity contribution in [3.63, 3.8) is 0 Å². The number of carbonyl (C=O) groups excluding carboxylic acids is 2. The summed E-state index contributed by atoms with van der Waals surface area (Å²) in [4.78, 5) is 34.3. The van der Waals surface area contributed by atoms with Gasteiger partial charge in [0.25, 0.3) is 0 Å². The van der Waals surface area contributed by atoms with Crippen LogP contribution in [0.4, 0.5) is 11.4 Å². The highest BCUT2D eigenvalue weighted by atomic mass is 35.5. The fourth-order valence-corrected chi connectivity index (χ4v) is 5.63. The van der Waals surface area contributed by atoms with E-state index in [-0.39, 0.29) is 17.9 Å². The molecule has 1 unspecified atom stereocenters. The summed E-state index contributed by atoms with van der Waals surface area (Å²) in [6.07, 6.45) is 7.86. The lowest BCUT2D eigenvalue weighted by atomic mass is 9.93. The zero-order valence-corrected chi connectivity index (χ0v) is 28.2. The number of aromatic nitrogens is 2. The predicted octanol–water partition coefficient (Wildman–Crippen LogP) is 10.0. The average Bonchev–Trinajstić information content (AvgIpc) is 3.10. The van der Waals surface area contributed by atoms with E-state index < -0.39 is 0 Å². The number of pyridine rings is 2. The van der Waals surface area contributed by atoms with Gasteiger partial charge in [-0.05, 0) is 73.9 Å². The van der Waals surface area contributed by atoms with Crippen molar-refractivity contribution in [2.24, 2.45) is 0 Å². The number of fused-ring (bicyclic) bond motifs is 2. The number of benzene rings is 4. The minimum Gasteiger partial charge on any atom is -0.324 e. The van der Waals surface area contributed by atoms with E-state index in [0.717, 1.165) is 56.1 Å². The number of carbonyl (C=O) groups is 2. The molecule has 1 fully saturated rings. The van der Waals surface area contributed by atoms with Crippen molar-refractivity contribution in [1.29, 1.82) is 0 Å². The van der Waals surface area contributed by atoms with Crippen LogP contribution in [0.2, 0.25) is 10.0 Å². The SMILES string of the molecule is C=CCC(=O)Nc1cccc2cccnc12.Cc1ccc(Cl)cc1.O=C1CC(CCc2ccc(Cl)cc2)N1c1cccc2cccnc12. The van der Waals surface area contributed by atoms with Crippen molar-refractivity contribution in [3.8, 4) is 0 Å². The molecule has 8 heteroatoms. The van der Waals surface area contributed by atoms with Gasteiger partial charge >= 0.3 is 0 Å². The molecule has 1 N–H and O–H groups in total. The maximum atomic E-state index is 12.2. The summed E-state index contributed by atoms with van der Waals surface area (Å²) in [6, 6.07) is 35.4. The van der Waals surface area contributed by atoms with E-state index in [1.54, 1.807) is 18.5 Å². The Morgan fingerprint density at radius 2 is 1.42 bits per heavy atom. The molecule has 6 aromatic rings. The lowest BCUT2D eigenvalue weighted by Gasteiger charge is -2.41. The molecule has 242 valence electrons. The van der Waals surface area contributed by atoms with Crippen molar-refractivity contribution in [1.82, 2.24) is 9.97 Å². The van der Waals surface area contributed by atoms with Crippen LogP contribution in [0, 0.1) is 6.92 Å². The van der Waals surface area contributed by atoms with Gasteiger partial charge in [0.1, 0.15) is 0 Å². The standard InChI is InChI=1S/C20H17ClN2O.C13H12N2O.C7H7Cl/c21-16-9-6-14(7-10-16)8-11-17-13-19(24)23(17)18-5-1-3-15-4-2-12-22-20(15)18;1-2-5-12(16)15-11-8-3-6-10-7-4-9-14-13(10)11;1-6-2-4-7(8)5-3-6/h1-7,9-10,12,17H,8,11,13H2;2-4,6-9H,1,5H2,(H,15,16);2-5H,1H3. The Hall–Kier alpha value is -5.04. The number of anilines is 2. The average molecular weight is 676 g/mol. The molecule has 6 nitrogen and oxygen atoms in total. The molecule has 1 atom stereocenters. The Morgan fingerprint density at radius 3 is 2.04 bits per heavy atom. The molecule has 0 spiro atoms. The number of hydrogen-bond acceptors (Lipinski definition) is 4. The zero-order valence-electron chi connectivity index (χ0n) is 26.7. The first-order valence-electron chi connectivity index (χ1n) is 15.7. The van der Waals surface area contributed by atoms with E-state index in [0.29, 0.717) is 12.8 Å². The molecule has 48 heavy (non-hydrogen) atoms. The minimum atomic E-state index is -0.0758. The third-order valence-corrected chi connectivity index (χ3v) is 8.35. The van der Waals surface area contributed by atoms with E-state index in [9.17, 15) is 9.59 Å².